The van der Waals surface area contributed by atoms with E-state index in [0.717, 1.165) is 30.2 Å². The Morgan fingerprint density at radius 2 is 1.96 bits per heavy atom. The summed E-state index contributed by atoms with van der Waals surface area (Å²) >= 11 is 6.22. The van der Waals surface area contributed by atoms with Crippen LogP contribution < -0.4 is 0 Å². The topological polar surface area (TPSA) is 54.3 Å². The molecule has 3 rings (SSSR count). The van der Waals surface area contributed by atoms with Gasteiger partial charge in [-0.2, -0.15) is 0 Å². The van der Waals surface area contributed by atoms with Crippen molar-refractivity contribution in [2.45, 2.75) is 20.0 Å². The number of hydrogen-bond acceptors (Lipinski definition) is 4. The highest BCUT2D eigenvalue weighted by Gasteiger charge is 2.24. The molecule has 1 aliphatic heterocycles. The van der Waals surface area contributed by atoms with Gasteiger partial charge < -0.3 is 4.90 Å². The summed E-state index contributed by atoms with van der Waals surface area (Å²) in [7, 11) is 0. The standard InChI is InChI=1S/C16H20ClN5O/c1-2-22-15(11-18-19-22)16(23)21-9-7-20(8-10-21)12-13-5-3-4-6-14(13)17/h3-6,11H,2,7-10,12H2,1H3. The van der Waals surface area contributed by atoms with Crippen LogP contribution in [0.1, 0.15) is 23.0 Å². The summed E-state index contributed by atoms with van der Waals surface area (Å²) in [5.41, 5.74) is 1.69. The molecule has 0 spiro atoms. The van der Waals surface area contributed by atoms with Crippen LogP contribution in [-0.4, -0.2) is 56.9 Å². The lowest BCUT2D eigenvalue weighted by Gasteiger charge is -2.34. The third kappa shape index (κ3) is 3.54. The van der Waals surface area contributed by atoms with E-state index in [-0.39, 0.29) is 5.91 Å². The largest absolute Gasteiger partial charge is 0.335 e. The Labute approximate surface area is 140 Å². The van der Waals surface area contributed by atoms with Gasteiger partial charge in [0.2, 0.25) is 0 Å². The first kappa shape index (κ1) is 16.0. The van der Waals surface area contributed by atoms with Crippen LogP contribution in [0.5, 0.6) is 0 Å². The summed E-state index contributed by atoms with van der Waals surface area (Å²) in [5, 5.41) is 8.55. The molecule has 0 radical (unpaired) electrons. The van der Waals surface area contributed by atoms with Crippen molar-refractivity contribution < 1.29 is 4.79 Å². The van der Waals surface area contributed by atoms with Gasteiger partial charge in [0, 0.05) is 44.3 Å². The Balaban J connectivity index is 1.58. The molecule has 0 bridgehead atoms. The lowest BCUT2D eigenvalue weighted by Crippen LogP contribution is -2.48. The first-order valence-corrected chi connectivity index (χ1v) is 8.20. The number of benzene rings is 1. The van der Waals surface area contributed by atoms with Gasteiger partial charge >= 0.3 is 0 Å². The minimum absolute atomic E-state index is 0.00856. The number of amides is 1. The maximum atomic E-state index is 12.5. The maximum Gasteiger partial charge on any atom is 0.273 e. The van der Waals surface area contributed by atoms with E-state index in [1.165, 1.54) is 0 Å². The summed E-state index contributed by atoms with van der Waals surface area (Å²) in [6, 6.07) is 7.90. The number of rotatable bonds is 4. The molecule has 0 atom stereocenters. The van der Waals surface area contributed by atoms with Gasteiger partial charge in [-0.15, -0.1) is 5.10 Å². The molecule has 1 aromatic carbocycles. The Kier molecular flexibility index (Phi) is 4.93. The molecule has 0 N–H and O–H groups in total. The molecule has 1 amide bonds. The van der Waals surface area contributed by atoms with Gasteiger partial charge in [-0.3, -0.25) is 9.69 Å². The van der Waals surface area contributed by atoms with Crippen LogP contribution in [0.2, 0.25) is 5.02 Å². The van der Waals surface area contributed by atoms with Crippen molar-refractivity contribution in [3.8, 4) is 0 Å². The molecular formula is C16H20ClN5O. The van der Waals surface area contributed by atoms with Crippen molar-refractivity contribution in [3.05, 3.63) is 46.7 Å². The molecule has 23 heavy (non-hydrogen) atoms. The molecule has 2 heterocycles. The summed E-state index contributed by atoms with van der Waals surface area (Å²) < 4.78 is 1.64. The van der Waals surface area contributed by atoms with E-state index in [1.807, 2.05) is 36.1 Å². The van der Waals surface area contributed by atoms with Crippen molar-refractivity contribution in [2.75, 3.05) is 26.2 Å². The normalized spacial score (nSPS) is 15.8. The van der Waals surface area contributed by atoms with Crippen LogP contribution in [0.15, 0.2) is 30.5 Å². The van der Waals surface area contributed by atoms with E-state index >= 15 is 0 Å². The van der Waals surface area contributed by atoms with E-state index < -0.39 is 0 Å². The highest BCUT2D eigenvalue weighted by atomic mass is 35.5. The average molecular weight is 334 g/mol. The number of aromatic nitrogens is 3. The predicted octanol–water partition coefficient (Wildman–Crippen LogP) is 1.91. The maximum absolute atomic E-state index is 12.5. The Morgan fingerprint density at radius 1 is 1.22 bits per heavy atom. The number of hydrogen-bond donors (Lipinski definition) is 0. The van der Waals surface area contributed by atoms with E-state index in [9.17, 15) is 4.79 Å². The fraction of sp³-hybridized carbons (Fsp3) is 0.438. The highest BCUT2D eigenvalue weighted by molar-refractivity contribution is 6.31. The van der Waals surface area contributed by atoms with Gasteiger partial charge in [0.1, 0.15) is 5.69 Å². The fourth-order valence-electron chi connectivity index (χ4n) is 2.80. The predicted molar refractivity (Wildman–Crippen MR) is 88.3 cm³/mol. The van der Waals surface area contributed by atoms with Crippen LogP contribution in [-0.2, 0) is 13.1 Å². The first-order chi connectivity index (χ1) is 11.2. The molecule has 1 aliphatic rings. The molecule has 7 heteroatoms. The molecule has 6 nitrogen and oxygen atoms in total. The minimum atomic E-state index is 0.00856. The molecule has 1 fully saturated rings. The van der Waals surface area contributed by atoms with Gasteiger partial charge in [0.25, 0.3) is 5.91 Å². The van der Waals surface area contributed by atoms with Crippen LogP contribution in [0.3, 0.4) is 0 Å². The molecule has 0 unspecified atom stereocenters. The van der Waals surface area contributed by atoms with Gasteiger partial charge in [0.15, 0.2) is 0 Å². The second-order valence-corrected chi connectivity index (χ2v) is 6.00. The van der Waals surface area contributed by atoms with Crippen LogP contribution in [0.4, 0.5) is 0 Å². The molecule has 122 valence electrons. The van der Waals surface area contributed by atoms with Gasteiger partial charge in [-0.1, -0.05) is 35.0 Å². The molecule has 1 aromatic heterocycles. The molecule has 2 aromatic rings. The van der Waals surface area contributed by atoms with Crippen molar-refractivity contribution in [2.24, 2.45) is 0 Å². The Hall–Kier alpha value is -1.92. The zero-order chi connectivity index (χ0) is 16.2. The third-order valence-corrected chi connectivity index (χ3v) is 4.52. The van der Waals surface area contributed by atoms with Crippen LogP contribution in [0.25, 0.3) is 0 Å². The van der Waals surface area contributed by atoms with Crippen LogP contribution in [0, 0.1) is 0 Å². The molecule has 0 saturated carbocycles. The number of carbonyl (C=O) groups is 1. The van der Waals surface area contributed by atoms with E-state index in [0.29, 0.717) is 25.3 Å². The van der Waals surface area contributed by atoms with Crippen LogP contribution >= 0.6 is 11.6 Å². The molecule has 1 saturated heterocycles. The van der Waals surface area contributed by atoms with Gasteiger partial charge in [0.05, 0.1) is 6.20 Å². The highest BCUT2D eigenvalue weighted by Crippen LogP contribution is 2.18. The zero-order valence-corrected chi connectivity index (χ0v) is 13.9. The van der Waals surface area contributed by atoms with E-state index in [4.69, 9.17) is 11.6 Å². The fourth-order valence-corrected chi connectivity index (χ4v) is 2.99. The van der Waals surface area contributed by atoms with E-state index in [1.54, 1.807) is 10.9 Å². The lowest BCUT2D eigenvalue weighted by atomic mass is 10.2. The second-order valence-electron chi connectivity index (χ2n) is 5.59. The average Bonchev–Trinajstić information content (AvgIpc) is 3.05. The van der Waals surface area contributed by atoms with Crippen molar-refractivity contribution in [3.63, 3.8) is 0 Å². The smallest absolute Gasteiger partial charge is 0.273 e. The number of halogens is 1. The number of piperazine rings is 1. The monoisotopic (exact) mass is 333 g/mol. The van der Waals surface area contributed by atoms with Gasteiger partial charge in [-0.25, -0.2) is 4.68 Å². The lowest BCUT2D eigenvalue weighted by molar-refractivity contribution is 0.0616. The summed E-state index contributed by atoms with van der Waals surface area (Å²) in [6.07, 6.45) is 1.54. The quantitative estimate of drug-likeness (QED) is 0.857. The van der Waals surface area contributed by atoms with E-state index in [2.05, 4.69) is 15.2 Å². The third-order valence-electron chi connectivity index (χ3n) is 4.15. The Morgan fingerprint density at radius 3 is 2.65 bits per heavy atom. The van der Waals surface area contributed by atoms with Crippen molar-refractivity contribution >= 4 is 17.5 Å². The first-order valence-electron chi connectivity index (χ1n) is 7.82. The minimum Gasteiger partial charge on any atom is -0.335 e. The summed E-state index contributed by atoms with van der Waals surface area (Å²) in [6.45, 7) is 6.50. The number of nitrogens with zero attached hydrogens (tertiary/aromatic N) is 5. The number of aryl methyl sites for hydroxylation is 1. The molecular weight excluding hydrogens is 314 g/mol. The summed E-state index contributed by atoms with van der Waals surface area (Å²) in [5.74, 6) is 0.00856. The Bertz CT molecular complexity index is 679. The summed E-state index contributed by atoms with van der Waals surface area (Å²) in [4.78, 5) is 16.7. The number of carbonyl (C=O) groups excluding carboxylic acids is 1. The van der Waals surface area contributed by atoms with Crippen molar-refractivity contribution in [1.82, 2.24) is 24.8 Å². The second kappa shape index (κ2) is 7.10. The van der Waals surface area contributed by atoms with Crippen molar-refractivity contribution in [1.29, 1.82) is 0 Å². The van der Waals surface area contributed by atoms with Gasteiger partial charge in [-0.05, 0) is 18.6 Å². The SMILES string of the molecule is CCn1nncc1C(=O)N1CCN(Cc2ccccc2Cl)CC1. The molecule has 0 aliphatic carbocycles. The zero-order valence-electron chi connectivity index (χ0n) is 13.2.